The second kappa shape index (κ2) is 10.3. The Morgan fingerprint density at radius 1 is 0.588 bits per heavy atom. The molecule has 0 aliphatic carbocycles. The molecule has 0 aliphatic heterocycles. The molecular weight excluding hydrogens is 448 g/mol. The highest BCUT2D eigenvalue weighted by atomic mass is 16.6. The summed E-state index contributed by atoms with van der Waals surface area (Å²) in [5.74, 6) is 1.76. The van der Waals surface area contributed by atoms with E-state index in [1.807, 2.05) is 0 Å². The van der Waals surface area contributed by atoms with E-state index >= 15 is 0 Å². The van der Waals surface area contributed by atoms with Gasteiger partial charge in [-0.15, -0.1) is 0 Å². The zero-order valence-electron chi connectivity index (χ0n) is 18.8. The average molecular weight is 470 g/mol. The predicted molar refractivity (Wildman–Crippen MR) is 125 cm³/mol. The van der Waals surface area contributed by atoms with Crippen molar-refractivity contribution < 1.29 is 28.8 Å². The number of ether oxygens (including phenoxy) is 4. The van der Waals surface area contributed by atoms with Crippen LogP contribution in [0.25, 0.3) is 0 Å². The summed E-state index contributed by atoms with van der Waals surface area (Å²) in [6, 6.07) is 11.9. The number of nitro benzene ring substituents is 2. The zero-order valence-corrected chi connectivity index (χ0v) is 18.8. The molecule has 0 aromatic heterocycles. The van der Waals surface area contributed by atoms with Gasteiger partial charge in [-0.25, -0.2) is 0 Å². The van der Waals surface area contributed by atoms with Gasteiger partial charge in [0.15, 0.2) is 0 Å². The Labute approximate surface area is 194 Å². The summed E-state index contributed by atoms with van der Waals surface area (Å²) < 4.78 is 21.0. The fraction of sp³-hybridized carbons (Fsp3) is 0.182. The average Bonchev–Trinajstić information content (AvgIpc) is 2.84. The first kappa shape index (κ1) is 23.9. The maximum absolute atomic E-state index is 11.7. The van der Waals surface area contributed by atoms with Crippen molar-refractivity contribution >= 4 is 34.1 Å². The fourth-order valence-electron chi connectivity index (χ4n) is 3.17. The Morgan fingerprint density at radius 2 is 1.00 bits per heavy atom. The zero-order chi connectivity index (χ0) is 24.8. The number of nitrogens with one attached hydrogen (secondary N) is 2. The number of methoxy groups -OCH3 is 4. The largest absolute Gasteiger partial charge is 0.497 e. The normalized spacial score (nSPS) is 10.2. The summed E-state index contributed by atoms with van der Waals surface area (Å²) in [7, 11) is 5.86. The van der Waals surface area contributed by atoms with Crippen molar-refractivity contribution in [3.05, 3.63) is 68.8 Å². The van der Waals surface area contributed by atoms with Crippen molar-refractivity contribution in [2.45, 2.75) is 0 Å². The van der Waals surface area contributed by atoms with Crippen molar-refractivity contribution in [2.75, 3.05) is 39.1 Å². The van der Waals surface area contributed by atoms with Gasteiger partial charge in [0.2, 0.25) is 0 Å². The van der Waals surface area contributed by atoms with E-state index in [0.717, 1.165) is 6.07 Å². The van der Waals surface area contributed by atoms with E-state index in [0.29, 0.717) is 34.4 Å². The smallest absolute Gasteiger partial charge is 0.299 e. The van der Waals surface area contributed by atoms with Crippen LogP contribution in [0.3, 0.4) is 0 Å². The number of benzene rings is 3. The molecule has 0 aliphatic rings. The Kier molecular flexibility index (Phi) is 7.21. The van der Waals surface area contributed by atoms with E-state index < -0.39 is 21.2 Å². The predicted octanol–water partition coefficient (Wildman–Crippen LogP) is 5.02. The van der Waals surface area contributed by atoms with E-state index in [1.54, 1.807) is 36.4 Å². The number of hydrogen-bond donors (Lipinski definition) is 2. The van der Waals surface area contributed by atoms with Crippen LogP contribution in [0.15, 0.2) is 48.5 Å². The minimum Gasteiger partial charge on any atom is -0.497 e. The molecule has 0 amide bonds. The van der Waals surface area contributed by atoms with Crippen LogP contribution in [0, 0.1) is 20.2 Å². The molecule has 3 aromatic rings. The highest BCUT2D eigenvalue weighted by Gasteiger charge is 2.26. The number of anilines is 4. The molecule has 3 aromatic carbocycles. The summed E-state index contributed by atoms with van der Waals surface area (Å²) in [5, 5.41) is 29.3. The lowest BCUT2D eigenvalue weighted by molar-refractivity contribution is -0.393. The molecule has 3 rings (SSSR count). The topological polar surface area (TPSA) is 147 Å². The molecule has 34 heavy (non-hydrogen) atoms. The van der Waals surface area contributed by atoms with Gasteiger partial charge in [-0.05, 0) is 30.3 Å². The molecule has 12 heteroatoms. The lowest BCUT2D eigenvalue weighted by Crippen LogP contribution is -2.04. The standard InChI is InChI=1S/C22H22N4O8/c1-31-13-5-7-15(21(9-13)33-3)23-17-11-18(20(26(29)30)12-19(17)25(27)28)24-16-8-6-14(32-2)10-22(16)34-4/h5-12,23-24H,1-4H3. The van der Waals surface area contributed by atoms with Crippen LogP contribution < -0.4 is 29.6 Å². The van der Waals surface area contributed by atoms with Crippen LogP contribution in [0.2, 0.25) is 0 Å². The number of hydrogen-bond acceptors (Lipinski definition) is 10. The summed E-state index contributed by atoms with van der Waals surface area (Å²) in [5.41, 5.74) is -0.168. The van der Waals surface area contributed by atoms with E-state index in [4.69, 9.17) is 18.9 Å². The first-order valence-corrected chi connectivity index (χ1v) is 9.76. The molecule has 0 unspecified atom stereocenters. The van der Waals surface area contributed by atoms with Gasteiger partial charge in [0, 0.05) is 12.1 Å². The molecule has 178 valence electrons. The lowest BCUT2D eigenvalue weighted by atomic mass is 10.1. The second-order valence-electron chi connectivity index (χ2n) is 6.78. The maximum Gasteiger partial charge on any atom is 0.299 e. The van der Waals surface area contributed by atoms with Crippen molar-refractivity contribution in [3.63, 3.8) is 0 Å². The van der Waals surface area contributed by atoms with Crippen LogP contribution in [0.5, 0.6) is 23.0 Å². The molecule has 0 saturated carbocycles. The number of nitrogens with zero attached hydrogens (tertiary/aromatic N) is 2. The third-order valence-electron chi connectivity index (χ3n) is 4.86. The Hall–Kier alpha value is -4.74. The van der Waals surface area contributed by atoms with Gasteiger partial charge in [0.25, 0.3) is 11.4 Å². The Bertz CT molecular complexity index is 1140. The minimum atomic E-state index is -0.705. The van der Waals surface area contributed by atoms with Crippen LogP contribution in [0.4, 0.5) is 34.1 Å². The molecule has 2 N–H and O–H groups in total. The molecule has 12 nitrogen and oxygen atoms in total. The molecule has 0 heterocycles. The summed E-state index contributed by atoms with van der Waals surface area (Å²) in [6.07, 6.45) is 0. The van der Waals surface area contributed by atoms with Crippen molar-refractivity contribution in [1.29, 1.82) is 0 Å². The van der Waals surface area contributed by atoms with E-state index in [-0.39, 0.29) is 11.4 Å². The highest BCUT2D eigenvalue weighted by Crippen LogP contribution is 2.42. The third kappa shape index (κ3) is 5.01. The van der Waals surface area contributed by atoms with Gasteiger partial charge in [-0.2, -0.15) is 0 Å². The lowest BCUT2D eigenvalue weighted by Gasteiger charge is -2.16. The molecular formula is C22H22N4O8. The summed E-state index contributed by atoms with van der Waals surface area (Å²) in [6.45, 7) is 0. The fourth-order valence-corrected chi connectivity index (χ4v) is 3.17. The van der Waals surface area contributed by atoms with Crippen LogP contribution in [-0.2, 0) is 0 Å². The van der Waals surface area contributed by atoms with Gasteiger partial charge >= 0.3 is 0 Å². The van der Waals surface area contributed by atoms with Crippen molar-refractivity contribution in [1.82, 2.24) is 0 Å². The first-order valence-electron chi connectivity index (χ1n) is 9.76. The van der Waals surface area contributed by atoms with Gasteiger partial charge in [0.1, 0.15) is 34.4 Å². The molecule has 0 spiro atoms. The maximum atomic E-state index is 11.7. The highest BCUT2D eigenvalue weighted by molar-refractivity contribution is 5.84. The molecule has 0 bridgehead atoms. The van der Waals surface area contributed by atoms with E-state index in [1.165, 1.54) is 34.5 Å². The Balaban J connectivity index is 2.12. The van der Waals surface area contributed by atoms with Gasteiger partial charge in [-0.3, -0.25) is 20.2 Å². The third-order valence-corrected chi connectivity index (χ3v) is 4.86. The molecule has 0 fully saturated rings. The second-order valence-corrected chi connectivity index (χ2v) is 6.78. The van der Waals surface area contributed by atoms with Crippen LogP contribution in [0.1, 0.15) is 0 Å². The van der Waals surface area contributed by atoms with Gasteiger partial charge in [0.05, 0.1) is 55.7 Å². The minimum absolute atomic E-state index is 0.00838. The monoisotopic (exact) mass is 470 g/mol. The van der Waals surface area contributed by atoms with Crippen LogP contribution >= 0.6 is 0 Å². The Morgan fingerprint density at radius 3 is 1.32 bits per heavy atom. The van der Waals surface area contributed by atoms with Gasteiger partial charge in [-0.1, -0.05) is 0 Å². The summed E-state index contributed by atoms with van der Waals surface area (Å²) >= 11 is 0. The molecule has 0 radical (unpaired) electrons. The molecule has 0 atom stereocenters. The molecule has 0 saturated heterocycles. The number of nitro groups is 2. The van der Waals surface area contributed by atoms with Crippen molar-refractivity contribution in [2.24, 2.45) is 0 Å². The van der Waals surface area contributed by atoms with E-state index in [9.17, 15) is 20.2 Å². The van der Waals surface area contributed by atoms with Crippen molar-refractivity contribution in [3.8, 4) is 23.0 Å². The van der Waals surface area contributed by atoms with E-state index in [2.05, 4.69) is 10.6 Å². The first-order chi connectivity index (χ1) is 16.3. The summed E-state index contributed by atoms with van der Waals surface area (Å²) in [4.78, 5) is 22.0. The quantitative estimate of drug-likeness (QED) is 0.305. The number of rotatable bonds is 10. The van der Waals surface area contributed by atoms with Gasteiger partial charge < -0.3 is 29.6 Å². The SMILES string of the molecule is COc1ccc(Nc2cc(Nc3ccc(OC)cc3OC)c([N+](=O)[O-])cc2[N+](=O)[O-])c(OC)c1. The van der Waals surface area contributed by atoms with Crippen LogP contribution in [-0.4, -0.2) is 38.3 Å².